The Labute approximate surface area is 105 Å². The molecule has 5 heteroatoms. The Kier molecular flexibility index (Phi) is 3.62. The third-order valence-corrected chi connectivity index (χ3v) is 2.46. The van der Waals surface area contributed by atoms with Crippen LogP contribution in [0.4, 0.5) is 5.69 Å². The highest BCUT2D eigenvalue weighted by atomic mass is 16.5. The highest BCUT2D eigenvalue weighted by Gasteiger charge is 1.98. The second-order valence-electron chi connectivity index (χ2n) is 4.01. The van der Waals surface area contributed by atoms with E-state index in [0.717, 1.165) is 11.3 Å². The summed E-state index contributed by atoms with van der Waals surface area (Å²) in [6, 6.07) is 8.68. The fraction of sp³-hybridized carbons (Fsp3) is 0.231. The molecular formula is C13H15N3O2. The minimum absolute atomic E-state index is 0.115. The molecule has 0 fully saturated rings. The number of benzene rings is 1. The van der Waals surface area contributed by atoms with Crippen molar-refractivity contribution in [2.75, 3.05) is 12.3 Å². The van der Waals surface area contributed by atoms with Crippen molar-refractivity contribution in [1.29, 1.82) is 0 Å². The number of anilines is 1. The molecule has 5 nitrogen and oxygen atoms in total. The van der Waals surface area contributed by atoms with Gasteiger partial charge in [0.05, 0.1) is 12.7 Å². The summed E-state index contributed by atoms with van der Waals surface area (Å²) >= 11 is 0. The van der Waals surface area contributed by atoms with Crippen LogP contribution in [-0.4, -0.2) is 16.4 Å². The molecule has 18 heavy (non-hydrogen) atoms. The van der Waals surface area contributed by atoms with E-state index in [1.165, 1.54) is 4.68 Å². The average molecular weight is 245 g/mol. The zero-order chi connectivity index (χ0) is 13.0. The van der Waals surface area contributed by atoms with Gasteiger partial charge < -0.3 is 10.5 Å². The van der Waals surface area contributed by atoms with Gasteiger partial charge in [-0.2, -0.15) is 5.10 Å². The van der Waals surface area contributed by atoms with E-state index in [4.69, 9.17) is 10.5 Å². The number of nitrogens with two attached hydrogens (primary N) is 1. The number of nitrogens with zero attached hydrogens (tertiary/aromatic N) is 2. The van der Waals surface area contributed by atoms with Crippen molar-refractivity contribution in [3.63, 3.8) is 0 Å². The predicted molar refractivity (Wildman–Crippen MR) is 69.6 cm³/mol. The highest BCUT2D eigenvalue weighted by Crippen LogP contribution is 2.12. The van der Waals surface area contributed by atoms with Gasteiger partial charge in [0.25, 0.3) is 5.56 Å². The monoisotopic (exact) mass is 245 g/mol. The number of nitrogen functional groups attached to an aromatic ring is 1. The van der Waals surface area contributed by atoms with Crippen LogP contribution in [0.15, 0.2) is 41.3 Å². The van der Waals surface area contributed by atoms with Crippen LogP contribution in [0, 0.1) is 6.92 Å². The van der Waals surface area contributed by atoms with Crippen molar-refractivity contribution in [2.45, 2.75) is 13.5 Å². The first kappa shape index (κ1) is 12.2. The zero-order valence-electron chi connectivity index (χ0n) is 10.2. The van der Waals surface area contributed by atoms with Crippen molar-refractivity contribution in [2.24, 2.45) is 0 Å². The van der Waals surface area contributed by atoms with E-state index < -0.39 is 0 Å². The number of aryl methyl sites for hydroxylation is 1. The summed E-state index contributed by atoms with van der Waals surface area (Å²) in [7, 11) is 0. The summed E-state index contributed by atoms with van der Waals surface area (Å²) < 4.78 is 6.87. The van der Waals surface area contributed by atoms with Crippen LogP contribution in [0.25, 0.3) is 0 Å². The Morgan fingerprint density at radius 1 is 1.33 bits per heavy atom. The standard InChI is InChI=1S/C13H15N3O2/c1-10-8-13(17)16(15-9-10)6-7-18-12-4-2-11(14)3-5-12/h2-5,8-9H,6-7,14H2,1H3. The molecule has 94 valence electrons. The van der Waals surface area contributed by atoms with Gasteiger partial charge in [-0.3, -0.25) is 4.79 Å². The molecule has 0 saturated carbocycles. The van der Waals surface area contributed by atoms with Crippen LogP contribution in [0.2, 0.25) is 0 Å². The Morgan fingerprint density at radius 2 is 2.06 bits per heavy atom. The van der Waals surface area contributed by atoms with Gasteiger partial charge in [-0.15, -0.1) is 0 Å². The SMILES string of the molecule is Cc1cnn(CCOc2ccc(N)cc2)c(=O)c1. The van der Waals surface area contributed by atoms with Crippen molar-refractivity contribution in [1.82, 2.24) is 9.78 Å². The average Bonchev–Trinajstić information content (AvgIpc) is 2.34. The molecule has 0 aliphatic carbocycles. The van der Waals surface area contributed by atoms with Gasteiger partial charge in [-0.05, 0) is 36.8 Å². The maximum Gasteiger partial charge on any atom is 0.267 e. The molecule has 0 bridgehead atoms. The fourth-order valence-electron chi connectivity index (χ4n) is 1.51. The summed E-state index contributed by atoms with van der Waals surface area (Å²) in [6.45, 7) is 2.65. The summed E-state index contributed by atoms with van der Waals surface area (Å²) in [5.74, 6) is 0.726. The van der Waals surface area contributed by atoms with Crippen LogP contribution < -0.4 is 16.0 Å². The number of hydrogen-bond acceptors (Lipinski definition) is 4. The fourth-order valence-corrected chi connectivity index (χ4v) is 1.51. The van der Waals surface area contributed by atoms with Gasteiger partial charge in [-0.25, -0.2) is 4.68 Å². The van der Waals surface area contributed by atoms with Crippen molar-refractivity contribution >= 4 is 5.69 Å². The van der Waals surface area contributed by atoms with E-state index in [0.29, 0.717) is 18.8 Å². The van der Waals surface area contributed by atoms with Crippen LogP contribution >= 0.6 is 0 Å². The van der Waals surface area contributed by atoms with Gasteiger partial charge >= 0.3 is 0 Å². The Balaban J connectivity index is 1.92. The molecule has 1 aromatic heterocycles. The predicted octanol–water partition coefficient (Wildman–Crippen LogP) is 1.21. The van der Waals surface area contributed by atoms with Crippen molar-refractivity contribution < 1.29 is 4.74 Å². The van der Waals surface area contributed by atoms with Gasteiger partial charge in [0.2, 0.25) is 0 Å². The lowest BCUT2D eigenvalue weighted by Crippen LogP contribution is -2.25. The van der Waals surface area contributed by atoms with Gasteiger partial charge in [0.1, 0.15) is 12.4 Å². The molecule has 2 N–H and O–H groups in total. The quantitative estimate of drug-likeness (QED) is 0.822. The molecule has 0 unspecified atom stereocenters. The van der Waals surface area contributed by atoms with E-state index in [2.05, 4.69) is 5.10 Å². The lowest BCUT2D eigenvalue weighted by atomic mass is 10.3. The summed E-state index contributed by atoms with van der Waals surface area (Å²) in [5.41, 5.74) is 7.00. The van der Waals surface area contributed by atoms with Crippen LogP contribution in [0.3, 0.4) is 0 Å². The topological polar surface area (TPSA) is 70.1 Å². The number of ether oxygens (including phenoxy) is 1. The van der Waals surface area contributed by atoms with Crippen LogP contribution in [-0.2, 0) is 6.54 Å². The smallest absolute Gasteiger partial charge is 0.267 e. The molecule has 0 aliphatic rings. The van der Waals surface area contributed by atoms with E-state index in [9.17, 15) is 4.79 Å². The van der Waals surface area contributed by atoms with Gasteiger partial charge in [0.15, 0.2) is 0 Å². The summed E-state index contributed by atoms with van der Waals surface area (Å²) in [6.07, 6.45) is 1.66. The molecule has 1 aromatic carbocycles. The van der Waals surface area contributed by atoms with E-state index >= 15 is 0 Å². The molecular weight excluding hydrogens is 230 g/mol. The molecule has 0 atom stereocenters. The second-order valence-corrected chi connectivity index (χ2v) is 4.01. The van der Waals surface area contributed by atoms with E-state index in [-0.39, 0.29) is 5.56 Å². The Morgan fingerprint density at radius 3 is 2.72 bits per heavy atom. The minimum atomic E-state index is -0.115. The van der Waals surface area contributed by atoms with Crippen molar-refractivity contribution in [3.05, 3.63) is 52.4 Å². The Hall–Kier alpha value is -2.30. The number of aromatic nitrogens is 2. The lowest BCUT2D eigenvalue weighted by Gasteiger charge is -2.07. The number of hydrogen-bond donors (Lipinski definition) is 1. The van der Waals surface area contributed by atoms with E-state index in [1.54, 1.807) is 36.5 Å². The molecule has 1 heterocycles. The third kappa shape index (κ3) is 3.10. The molecule has 0 saturated heterocycles. The normalized spacial score (nSPS) is 10.3. The molecule has 0 radical (unpaired) electrons. The molecule has 0 spiro atoms. The largest absolute Gasteiger partial charge is 0.492 e. The summed E-state index contributed by atoms with van der Waals surface area (Å²) in [4.78, 5) is 11.6. The molecule has 2 rings (SSSR count). The van der Waals surface area contributed by atoms with Gasteiger partial charge in [0, 0.05) is 11.8 Å². The van der Waals surface area contributed by atoms with Crippen molar-refractivity contribution in [3.8, 4) is 5.75 Å². The molecule has 0 aliphatic heterocycles. The number of rotatable bonds is 4. The van der Waals surface area contributed by atoms with Gasteiger partial charge in [-0.1, -0.05) is 0 Å². The summed E-state index contributed by atoms with van der Waals surface area (Å²) in [5, 5.41) is 4.03. The van der Waals surface area contributed by atoms with Crippen LogP contribution in [0.5, 0.6) is 5.75 Å². The maximum absolute atomic E-state index is 11.6. The minimum Gasteiger partial charge on any atom is -0.492 e. The molecule has 2 aromatic rings. The highest BCUT2D eigenvalue weighted by molar-refractivity contribution is 5.41. The second kappa shape index (κ2) is 5.35. The third-order valence-electron chi connectivity index (χ3n) is 2.46. The molecule has 0 amide bonds. The first-order chi connectivity index (χ1) is 8.65. The van der Waals surface area contributed by atoms with E-state index in [1.807, 2.05) is 6.92 Å². The zero-order valence-corrected chi connectivity index (χ0v) is 10.2. The first-order valence-corrected chi connectivity index (χ1v) is 5.67. The first-order valence-electron chi connectivity index (χ1n) is 5.67. The maximum atomic E-state index is 11.6. The van der Waals surface area contributed by atoms with Crippen LogP contribution in [0.1, 0.15) is 5.56 Å². The Bertz CT molecular complexity index is 576. The lowest BCUT2D eigenvalue weighted by molar-refractivity contribution is 0.287.